The Labute approximate surface area is 320 Å². The average molecular weight is 864 g/mol. The van der Waals surface area contributed by atoms with Gasteiger partial charge in [0.05, 0.1) is 5.02 Å². The van der Waals surface area contributed by atoms with Crippen LogP contribution in [0.4, 0.5) is 14.0 Å². The van der Waals surface area contributed by atoms with Crippen molar-refractivity contribution in [1.29, 1.82) is 5.26 Å². The van der Waals surface area contributed by atoms with Gasteiger partial charge >= 0.3 is 276 Å². The second kappa shape index (κ2) is 12.8. The van der Waals surface area contributed by atoms with Crippen LogP contribution in [0.3, 0.4) is 0 Å². The number of rotatable bonds is 6. The number of nitrogens with zero attached hydrogens (tertiary/aromatic N) is 5. The summed E-state index contributed by atoms with van der Waals surface area (Å²) in [5, 5.41) is 12.3. The summed E-state index contributed by atoms with van der Waals surface area (Å²) in [4.78, 5) is 35.5. The van der Waals surface area contributed by atoms with Crippen LogP contribution in [0.5, 0.6) is 0 Å². The second-order valence-corrected chi connectivity index (χ2v) is 19.7. The van der Waals surface area contributed by atoms with Crippen molar-refractivity contribution in [3.8, 4) is 17.2 Å². The first kappa shape index (κ1) is 35.1. The molecule has 268 valence electrons. The Kier molecular flexibility index (Phi) is 8.83. The van der Waals surface area contributed by atoms with Crippen LogP contribution in [0, 0.1) is 23.1 Å². The fraction of sp³-hybridized carbons (Fsp3) is 0.459. The molecule has 5 aliphatic rings. The van der Waals surface area contributed by atoms with Crippen molar-refractivity contribution < 1.29 is 44.7 Å². The van der Waals surface area contributed by atoms with Gasteiger partial charge in [-0.15, -0.1) is 0 Å². The van der Waals surface area contributed by atoms with Gasteiger partial charge in [0.2, 0.25) is 0 Å². The van der Waals surface area contributed by atoms with E-state index in [1.54, 1.807) is 18.2 Å². The maximum atomic E-state index is 17.3. The topological polar surface area (TPSA) is 101 Å². The first-order valence-electron chi connectivity index (χ1n) is 16.9. The van der Waals surface area contributed by atoms with E-state index in [4.69, 9.17) is 37.7 Å². The summed E-state index contributed by atoms with van der Waals surface area (Å²) in [5.74, 6) is -0.397. The fourth-order valence-electron chi connectivity index (χ4n) is 8.36. The van der Waals surface area contributed by atoms with E-state index in [2.05, 4.69) is 16.7 Å². The number of pyridine rings is 1. The van der Waals surface area contributed by atoms with Gasteiger partial charge in [0.15, 0.2) is 0 Å². The van der Waals surface area contributed by atoms with Gasteiger partial charge in [0, 0.05) is 0 Å². The summed E-state index contributed by atoms with van der Waals surface area (Å²) < 4.78 is 31.5. The minimum absolute atomic E-state index is 0.121. The maximum absolute atomic E-state index is 17.3. The van der Waals surface area contributed by atoms with Gasteiger partial charge in [0.25, 0.3) is 0 Å². The summed E-state index contributed by atoms with van der Waals surface area (Å²) in [5.41, 5.74) is 2.64. The Morgan fingerprint density at radius 3 is 2.67 bits per heavy atom. The average Bonchev–Trinajstić information content (AvgIpc) is 3.44. The standard InChI is InChI=1S/C37H36Cl2FIN5O4S/c1-37(2,3)50-35(47)44-16-18-13-26(44)31(18)45-24(25-15-23-33(41-23)46(25)36(48)49-4)14-21-32(45)20-12-17(8-7-11-42)27(19-9-6-10-22(38)28(19)39)29(40)30(20)43-34(21)51-5/h6,9-10,12,14,18,23,25-26,31,33H,7-8,13,15-16H2,1-5H3/q-1/t18-,23+,25-,26-,31+,33-/m1/s1. The molecule has 2 bridgehead atoms. The molecular weight excluding hydrogens is 827 g/mol. The second-order valence-electron chi connectivity index (χ2n) is 14.5. The number of alkyl halides is 2. The van der Waals surface area contributed by atoms with Crippen molar-refractivity contribution in [2.45, 2.75) is 83.2 Å². The van der Waals surface area contributed by atoms with Crippen molar-refractivity contribution in [1.82, 2.24) is 19.4 Å². The van der Waals surface area contributed by atoms with Gasteiger partial charge in [-0.05, 0) is 6.07 Å². The van der Waals surface area contributed by atoms with E-state index < -0.39 is 11.4 Å². The first-order valence-corrected chi connectivity index (χ1v) is 21.4. The van der Waals surface area contributed by atoms with E-state index in [-0.39, 0.29) is 90.4 Å². The third-order valence-corrected chi connectivity index (χ3v) is 15.5. The van der Waals surface area contributed by atoms with Crippen LogP contribution < -0.4 is 21.2 Å². The van der Waals surface area contributed by atoms with Crippen LogP contribution >= 0.6 is 35.0 Å². The van der Waals surface area contributed by atoms with Crippen LogP contribution in [0.1, 0.15) is 63.4 Å². The van der Waals surface area contributed by atoms with Crippen molar-refractivity contribution in [2.75, 3.05) is 19.9 Å². The molecule has 5 fully saturated rings. The molecular formula is C37H36Cl2FIN5O4S-. The van der Waals surface area contributed by atoms with Crippen LogP contribution in [0.25, 0.3) is 32.9 Å². The number of halogens is 4. The normalized spacial score (nSPS) is 25.0. The fourth-order valence-corrected chi connectivity index (χ4v) is 12.4. The number of carbonyl (C=O) groups excluding carboxylic acids is 2. The van der Waals surface area contributed by atoms with Crippen LogP contribution in [0.15, 0.2) is 35.4 Å². The quantitative estimate of drug-likeness (QED) is 0.102. The number of fused-ring (bicyclic) bond motifs is 5. The molecule has 14 heteroatoms. The molecule has 0 radical (unpaired) electrons. The molecule has 2 aromatic carbocycles. The molecule has 51 heavy (non-hydrogen) atoms. The number of benzene rings is 2. The van der Waals surface area contributed by atoms with Crippen LogP contribution in [-0.4, -0.2) is 71.1 Å². The number of likely N-dealkylation sites (tertiary alicyclic amines) is 1. The van der Waals surface area contributed by atoms with Crippen molar-refractivity contribution >= 4 is 69.0 Å². The van der Waals surface area contributed by atoms with E-state index in [9.17, 15) is 14.9 Å². The number of aromatic nitrogens is 2. The molecule has 1 saturated carbocycles. The minimum atomic E-state index is -0.643. The molecule has 0 spiro atoms. The summed E-state index contributed by atoms with van der Waals surface area (Å²) in [6.07, 6.45) is 3.35. The molecule has 4 saturated heterocycles. The number of nitriles is 1. The summed E-state index contributed by atoms with van der Waals surface area (Å²) >= 11 is 14.4. The molecule has 0 N–H and O–H groups in total. The molecule has 4 aliphatic heterocycles. The zero-order valence-corrected chi connectivity index (χ0v) is 33.2. The Morgan fingerprint density at radius 2 is 1.96 bits per heavy atom. The molecule has 1 aliphatic carbocycles. The number of hydrogen-bond donors (Lipinski definition) is 0. The number of ether oxygens (including phenoxy) is 2. The summed E-state index contributed by atoms with van der Waals surface area (Å²) in [6, 6.07) is 10.9. The number of amides is 2. The molecule has 4 aromatic rings. The molecule has 6 atom stereocenters. The number of methoxy groups -OCH3 is 1. The number of hydrogen-bond acceptors (Lipinski definition) is 7. The van der Waals surface area contributed by atoms with Gasteiger partial charge in [-0.25, -0.2) is 0 Å². The van der Waals surface area contributed by atoms with Crippen molar-refractivity contribution in [2.24, 2.45) is 5.92 Å². The van der Waals surface area contributed by atoms with Gasteiger partial charge in [0.1, 0.15) is 0 Å². The van der Waals surface area contributed by atoms with E-state index in [1.165, 1.54) is 18.9 Å². The Balaban J connectivity index is 1.40. The molecule has 6 heterocycles. The zero-order chi connectivity index (χ0) is 36.1. The third kappa shape index (κ3) is 5.63. The molecule has 0 unspecified atom stereocenters. The number of aryl methyl sites for hydroxylation is 1. The Hall–Kier alpha value is -2.99. The van der Waals surface area contributed by atoms with E-state index >= 15 is 4.39 Å². The Bertz CT molecular complexity index is 2190. The number of carbonyl (C=O) groups is 2. The van der Waals surface area contributed by atoms with Crippen molar-refractivity contribution in [3.63, 3.8) is 0 Å². The SMILES string of the molecule is COC(=O)N1[C@@H](c2cc3c(SC)nc4c(F)c(-c5cccc(Cl)c5Cl)c(CCC#N)cc4c3n2[C@H]2[C@@H]3C[C@H]2N(C(=O)OC(C)(C)C)C3)C[C@@H]2[I-][C@@H]21. The first-order chi connectivity index (χ1) is 24.4. The summed E-state index contributed by atoms with van der Waals surface area (Å²) in [6.45, 7) is 6.13. The predicted molar refractivity (Wildman–Crippen MR) is 191 cm³/mol. The van der Waals surface area contributed by atoms with Crippen LogP contribution in [-0.2, 0) is 15.9 Å². The summed E-state index contributed by atoms with van der Waals surface area (Å²) in [7, 11) is 1.42. The number of thioether (sulfide) groups is 1. The van der Waals surface area contributed by atoms with Gasteiger partial charge in [-0.2, -0.15) is 5.26 Å². The van der Waals surface area contributed by atoms with E-state index in [1.807, 2.05) is 42.9 Å². The molecule has 9 nitrogen and oxygen atoms in total. The van der Waals surface area contributed by atoms with Crippen molar-refractivity contribution in [3.05, 3.63) is 57.5 Å². The molecule has 2 aromatic heterocycles. The van der Waals surface area contributed by atoms with Gasteiger partial charge < -0.3 is 0 Å². The van der Waals surface area contributed by atoms with E-state index in [0.29, 0.717) is 37.0 Å². The molecule has 2 amide bonds. The zero-order valence-electron chi connectivity index (χ0n) is 28.7. The van der Waals surface area contributed by atoms with Gasteiger partial charge in [-0.3, -0.25) is 0 Å². The van der Waals surface area contributed by atoms with E-state index in [0.717, 1.165) is 29.4 Å². The van der Waals surface area contributed by atoms with Gasteiger partial charge in [-0.1, -0.05) is 29.3 Å². The monoisotopic (exact) mass is 862 g/mol. The predicted octanol–water partition coefficient (Wildman–Crippen LogP) is 5.97. The molecule has 9 rings (SSSR count). The van der Waals surface area contributed by atoms with Crippen LogP contribution in [0.2, 0.25) is 10.0 Å². The third-order valence-electron chi connectivity index (χ3n) is 10.5. The Morgan fingerprint density at radius 1 is 1.18 bits per heavy atom.